The average Bonchev–Trinajstić information content (AvgIpc) is 2.85. The van der Waals surface area contributed by atoms with Crippen molar-refractivity contribution < 1.29 is 28.2 Å². The molecule has 2 aliphatic rings. The van der Waals surface area contributed by atoms with Gasteiger partial charge in [0, 0.05) is 25.3 Å². The Bertz CT molecular complexity index is 1140. The molecule has 0 bridgehead atoms. The molecule has 3 atom stereocenters. The highest BCUT2D eigenvalue weighted by Crippen LogP contribution is 2.32. The maximum atomic E-state index is 13.3. The normalized spacial score (nSPS) is 21.2. The Labute approximate surface area is 215 Å². The predicted molar refractivity (Wildman–Crippen MR) is 136 cm³/mol. The molecule has 2 heterocycles. The lowest BCUT2D eigenvalue weighted by atomic mass is 9.94. The summed E-state index contributed by atoms with van der Waals surface area (Å²) >= 11 is 0. The molecule has 0 aliphatic carbocycles. The van der Waals surface area contributed by atoms with E-state index >= 15 is 0 Å². The molecule has 0 aromatic heterocycles. The van der Waals surface area contributed by atoms with E-state index in [0.29, 0.717) is 36.4 Å². The van der Waals surface area contributed by atoms with Crippen LogP contribution in [0.3, 0.4) is 0 Å². The molecule has 9 nitrogen and oxygen atoms in total. The second-order valence-corrected chi connectivity index (χ2v) is 9.74. The molecule has 2 aliphatic heterocycles. The van der Waals surface area contributed by atoms with Crippen LogP contribution in [0.5, 0.6) is 5.75 Å². The number of amides is 4. The van der Waals surface area contributed by atoms with Gasteiger partial charge in [0.25, 0.3) is 5.91 Å². The van der Waals surface area contributed by atoms with E-state index in [9.17, 15) is 18.8 Å². The quantitative estimate of drug-likeness (QED) is 0.550. The number of likely N-dealkylation sites (N-methyl/N-ethyl adjacent to an activating group) is 1. The molecule has 2 aromatic carbocycles. The smallest absolute Gasteiger partial charge is 0.319 e. The summed E-state index contributed by atoms with van der Waals surface area (Å²) in [7, 11) is 1.74. The highest BCUT2D eigenvalue weighted by atomic mass is 19.1. The number of halogens is 1. The van der Waals surface area contributed by atoms with Gasteiger partial charge in [-0.2, -0.15) is 0 Å². The Hall–Kier alpha value is -3.66. The van der Waals surface area contributed by atoms with Crippen molar-refractivity contribution in [1.29, 1.82) is 0 Å². The molecule has 4 rings (SSSR count). The van der Waals surface area contributed by atoms with Crippen molar-refractivity contribution in [3.8, 4) is 5.75 Å². The third kappa shape index (κ3) is 6.76. The van der Waals surface area contributed by atoms with Crippen LogP contribution in [0.4, 0.5) is 14.9 Å². The summed E-state index contributed by atoms with van der Waals surface area (Å²) in [5.74, 6) is -0.292. The number of nitrogens with zero attached hydrogens (tertiary/aromatic N) is 1. The first-order valence-electron chi connectivity index (χ1n) is 12.5. The number of hydrogen-bond acceptors (Lipinski definition) is 5. The molecule has 4 amide bonds. The molecular weight excluding hydrogens is 479 g/mol. The fourth-order valence-electron chi connectivity index (χ4n) is 4.62. The van der Waals surface area contributed by atoms with Gasteiger partial charge in [0.1, 0.15) is 24.3 Å². The van der Waals surface area contributed by atoms with Crippen molar-refractivity contribution in [2.24, 2.45) is 0 Å². The van der Waals surface area contributed by atoms with Crippen LogP contribution in [0.2, 0.25) is 0 Å². The van der Waals surface area contributed by atoms with Crippen molar-refractivity contribution in [3.05, 3.63) is 59.4 Å². The van der Waals surface area contributed by atoms with Gasteiger partial charge in [0.05, 0.1) is 24.1 Å². The molecule has 3 N–H and O–H groups in total. The van der Waals surface area contributed by atoms with E-state index in [0.717, 1.165) is 5.56 Å². The standard InChI is InChI=1S/C27H33FN4O5/c1-16(2)30-27(35)31-19-8-11-23-21(12-19)26(34)32(3)22-10-9-20(37-24(22)15-36-23)13-25(33)29-14-17-4-6-18(28)7-5-17/h4-8,11-12,16,20,22,24H,9-10,13-15H2,1-3H3,(H,29,33)(H2,30,31,35)/t20-,22-,24+/m0/s1. The summed E-state index contributed by atoms with van der Waals surface area (Å²) in [5, 5.41) is 8.34. The van der Waals surface area contributed by atoms with Crippen molar-refractivity contribution in [1.82, 2.24) is 15.5 Å². The lowest BCUT2D eigenvalue weighted by Gasteiger charge is -2.42. The summed E-state index contributed by atoms with van der Waals surface area (Å²) < 4.78 is 25.3. The van der Waals surface area contributed by atoms with Crippen LogP contribution in [0.25, 0.3) is 0 Å². The van der Waals surface area contributed by atoms with Gasteiger partial charge in [-0.25, -0.2) is 9.18 Å². The maximum Gasteiger partial charge on any atom is 0.319 e. The van der Waals surface area contributed by atoms with Gasteiger partial charge in [-0.15, -0.1) is 0 Å². The number of fused-ring (bicyclic) bond motifs is 2. The minimum absolute atomic E-state index is 0.0200. The van der Waals surface area contributed by atoms with Gasteiger partial charge >= 0.3 is 6.03 Å². The second kappa shape index (κ2) is 11.6. The third-order valence-electron chi connectivity index (χ3n) is 6.51. The number of carbonyl (C=O) groups is 3. The van der Waals surface area contributed by atoms with E-state index in [-0.39, 0.29) is 61.0 Å². The molecule has 37 heavy (non-hydrogen) atoms. The van der Waals surface area contributed by atoms with E-state index in [1.54, 1.807) is 42.3 Å². The number of urea groups is 1. The Morgan fingerprint density at radius 3 is 2.62 bits per heavy atom. The van der Waals surface area contributed by atoms with Crippen molar-refractivity contribution >= 4 is 23.5 Å². The molecule has 10 heteroatoms. The third-order valence-corrected chi connectivity index (χ3v) is 6.51. The SMILES string of the molecule is CC(C)NC(=O)Nc1ccc2c(c1)C(=O)N(C)[C@H]1CC[C@@H](CC(=O)NCc3ccc(F)cc3)O[C@@H]1CO2. The molecule has 198 valence electrons. The highest BCUT2D eigenvalue weighted by molar-refractivity contribution is 5.99. The van der Waals surface area contributed by atoms with Gasteiger partial charge in [0.15, 0.2) is 0 Å². The molecule has 0 saturated carbocycles. The minimum Gasteiger partial charge on any atom is -0.490 e. The molecular formula is C27H33FN4O5. The van der Waals surface area contributed by atoms with Gasteiger partial charge in [0.2, 0.25) is 5.91 Å². The first-order chi connectivity index (χ1) is 17.7. The second-order valence-electron chi connectivity index (χ2n) is 9.74. The zero-order valence-electron chi connectivity index (χ0n) is 21.3. The molecule has 2 aromatic rings. The van der Waals surface area contributed by atoms with Crippen molar-refractivity contribution in [2.45, 2.75) is 63.9 Å². The molecule has 0 unspecified atom stereocenters. The van der Waals surface area contributed by atoms with Crippen LogP contribution >= 0.6 is 0 Å². The van der Waals surface area contributed by atoms with E-state index in [1.807, 2.05) is 13.8 Å². The van der Waals surface area contributed by atoms with Crippen LogP contribution in [0, 0.1) is 5.82 Å². The zero-order valence-corrected chi connectivity index (χ0v) is 21.3. The topological polar surface area (TPSA) is 109 Å². The number of hydrogen-bond donors (Lipinski definition) is 3. The van der Waals surface area contributed by atoms with Gasteiger partial charge in [-0.3, -0.25) is 9.59 Å². The van der Waals surface area contributed by atoms with Crippen LogP contribution in [0.15, 0.2) is 42.5 Å². The number of benzene rings is 2. The lowest BCUT2D eigenvalue weighted by molar-refractivity contribution is -0.134. The Kier molecular flexibility index (Phi) is 8.27. The van der Waals surface area contributed by atoms with E-state index < -0.39 is 0 Å². The summed E-state index contributed by atoms with van der Waals surface area (Å²) in [6.45, 7) is 4.26. The molecule has 1 saturated heterocycles. The van der Waals surface area contributed by atoms with Gasteiger partial charge < -0.3 is 30.3 Å². The number of rotatable bonds is 6. The summed E-state index contributed by atoms with van der Waals surface area (Å²) in [6, 6.07) is 10.4. The first-order valence-corrected chi connectivity index (χ1v) is 12.5. The highest BCUT2D eigenvalue weighted by Gasteiger charge is 2.39. The Morgan fingerprint density at radius 1 is 1.14 bits per heavy atom. The summed E-state index contributed by atoms with van der Waals surface area (Å²) in [6.07, 6.45) is 0.779. The lowest BCUT2D eigenvalue weighted by Crippen LogP contribution is -2.53. The number of carbonyl (C=O) groups excluding carboxylic acids is 3. The monoisotopic (exact) mass is 512 g/mol. The van der Waals surface area contributed by atoms with Crippen LogP contribution < -0.4 is 20.7 Å². The van der Waals surface area contributed by atoms with Crippen LogP contribution in [-0.2, 0) is 16.1 Å². The fraction of sp³-hybridized carbons (Fsp3) is 0.444. The maximum absolute atomic E-state index is 13.3. The van der Waals surface area contributed by atoms with E-state index in [1.165, 1.54) is 12.1 Å². The van der Waals surface area contributed by atoms with Crippen LogP contribution in [-0.4, -0.2) is 60.7 Å². The molecule has 0 spiro atoms. The Morgan fingerprint density at radius 2 is 1.89 bits per heavy atom. The van der Waals surface area contributed by atoms with E-state index in [2.05, 4.69) is 16.0 Å². The van der Waals surface area contributed by atoms with E-state index in [4.69, 9.17) is 9.47 Å². The fourth-order valence-corrected chi connectivity index (χ4v) is 4.62. The number of anilines is 1. The predicted octanol–water partition coefficient (Wildman–Crippen LogP) is 3.44. The number of ether oxygens (including phenoxy) is 2. The van der Waals surface area contributed by atoms with Crippen LogP contribution in [0.1, 0.15) is 49.0 Å². The Balaban J connectivity index is 1.37. The van der Waals surface area contributed by atoms with Crippen molar-refractivity contribution in [2.75, 3.05) is 19.0 Å². The first kappa shape index (κ1) is 26.4. The summed E-state index contributed by atoms with van der Waals surface area (Å²) in [4.78, 5) is 39.6. The molecule has 0 radical (unpaired) electrons. The largest absolute Gasteiger partial charge is 0.490 e. The zero-order chi connectivity index (χ0) is 26.5. The number of nitrogens with one attached hydrogen (secondary N) is 3. The van der Waals surface area contributed by atoms with Gasteiger partial charge in [-0.1, -0.05) is 12.1 Å². The average molecular weight is 513 g/mol. The van der Waals surface area contributed by atoms with Gasteiger partial charge in [-0.05, 0) is 62.6 Å². The summed E-state index contributed by atoms with van der Waals surface area (Å²) in [5.41, 5.74) is 1.67. The minimum atomic E-state index is -0.389. The van der Waals surface area contributed by atoms with Crippen molar-refractivity contribution in [3.63, 3.8) is 0 Å². The molecule has 1 fully saturated rings.